The van der Waals surface area contributed by atoms with Crippen molar-refractivity contribution in [3.05, 3.63) is 0 Å². The minimum Gasteiger partial charge on any atom is -0.378 e. The molecule has 1 aliphatic rings. The Bertz CT molecular complexity index is 332. The summed E-state index contributed by atoms with van der Waals surface area (Å²) in [6.45, 7) is 8.60. The second-order valence-electron chi connectivity index (χ2n) is 6.64. The van der Waals surface area contributed by atoms with Crippen molar-refractivity contribution >= 4 is 29.9 Å². The summed E-state index contributed by atoms with van der Waals surface area (Å²) in [5.41, 5.74) is -0.199. The van der Waals surface area contributed by atoms with Crippen molar-refractivity contribution in [1.82, 2.24) is 10.6 Å². The van der Waals surface area contributed by atoms with Gasteiger partial charge in [-0.25, -0.2) is 0 Å². The number of aliphatic imine (C=N–C) groups is 1. The topological polar surface area (TPSA) is 54.9 Å². The predicted molar refractivity (Wildman–Crippen MR) is 108 cm³/mol. The number of hydrogen-bond donors (Lipinski definition) is 2. The van der Waals surface area contributed by atoms with Crippen LogP contribution in [0, 0.1) is 5.92 Å². The van der Waals surface area contributed by atoms with Gasteiger partial charge in [-0.1, -0.05) is 12.8 Å². The molecule has 1 fully saturated rings. The molecule has 1 atom stereocenters. The van der Waals surface area contributed by atoms with Crippen LogP contribution in [0.3, 0.4) is 0 Å². The normalized spacial score (nSPS) is 17.7. The SMILES string of the molecule is CCOC(CCNC(=NC)NCC(C)(C)OC)C1CCCC1.I. The van der Waals surface area contributed by atoms with Crippen molar-refractivity contribution in [2.24, 2.45) is 10.9 Å². The molecular formula is C17H36IN3O2. The number of methoxy groups -OCH3 is 1. The summed E-state index contributed by atoms with van der Waals surface area (Å²) in [6, 6.07) is 0. The van der Waals surface area contributed by atoms with Gasteiger partial charge in [-0.2, -0.15) is 0 Å². The monoisotopic (exact) mass is 441 g/mol. The first-order valence-electron chi connectivity index (χ1n) is 8.63. The lowest BCUT2D eigenvalue weighted by Crippen LogP contribution is -2.46. The molecule has 1 aliphatic carbocycles. The van der Waals surface area contributed by atoms with E-state index in [4.69, 9.17) is 9.47 Å². The maximum Gasteiger partial charge on any atom is 0.191 e. The Morgan fingerprint density at radius 2 is 1.91 bits per heavy atom. The number of guanidine groups is 1. The highest BCUT2D eigenvalue weighted by atomic mass is 127. The van der Waals surface area contributed by atoms with Crippen LogP contribution >= 0.6 is 24.0 Å². The fourth-order valence-corrected chi connectivity index (χ4v) is 2.92. The van der Waals surface area contributed by atoms with Crippen LogP contribution in [0.25, 0.3) is 0 Å². The van der Waals surface area contributed by atoms with E-state index in [9.17, 15) is 0 Å². The Labute approximate surface area is 159 Å². The molecular weight excluding hydrogens is 405 g/mol. The molecule has 0 aliphatic heterocycles. The molecule has 6 heteroatoms. The van der Waals surface area contributed by atoms with Gasteiger partial charge in [0.05, 0.1) is 11.7 Å². The van der Waals surface area contributed by atoms with E-state index in [0.717, 1.165) is 38.0 Å². The highest BCUT2D eigenvalue weighted by molar-refractivity contribution is 14.0. The molecule has 1 unspecified atom stereocenters. The molecule has 0 heterocycles. The number of rotatable bonds is 9. The third kappa shape index (κ3) is 9.10. The van der Waals surface area contributed by atoms with Crippen molar-refractivity contribution in [3.63, 3.8) is 0 Å². The molecule has 0 saturated heterocycles. The molecule has 0 amide bonds. The van der Waals surface area contributed by atoms with Crippen LogP contribution in [0.15, 0.2) is 4.99 Å². The number of hydrogen-bond acceptors (Lipinski definition) is 3. The van der Waals surface area contributed by atoms with Gasteiger partial charge in [0.15, 0.2) is 5.96 Å². The van der Waals surface area contributed by atoms with Gasteiger partial charge in [0.1, 0.15) is 0 Å². The summed E-state index contributed by atoms with van der Waals surface area (Å²) < 4.78 is 11.4. The Balaban J connectivity index is 0.00000484. The summed E-state index contributed by atoms with van der Waals surface area (Å²) in [4.78, 5) is 4.26. The second kappa shape index (κ2) is 12.3. The number of nitrogens with zero attached hydrogens (tertiary/aromatic N) is 1. The molecule has 0 bridgehead atoms. The molecule has 0 aromatic heterocycles. The first-order chi connectivity index (χ1) is 10.5. The van der Waals surface area contributed by atoms with Gasteiger partial charge in [-0.05, 0) is 46.0 Å². The second-order valence-corrected chi connectivity index (χ2v) is 6.64. The lowest BCUT2D eigenvalue weighted by molar-refractivity contribution is 0.0167. The van der Waals surface area contributed by atoms with Gasteiger partial charge in [0.25, 0.3) is 0 Å². The van der Waals surface area contributed by atoms with Gasteiger partial charge in [-0.3, -0.25) is 4.99 Å². The van der Waals surface area contributed by atoms with Gasteiger partial charge >= 0.3 is 0 Å². The molecule has 0 aromatic rings. The van der Waals surface area contributed by atoms with Gasteiger partial charge in [-0.15, -0.1) is 24.0 Å². The number of halogens is 1. The number of nitrogens with one attached hydrogen (secondary N) is 2. The van der Waals surface area contributed by atoms with Gasteiger partial charge in [0.2, 0.25) is 0 Å². The van der Waals surface area contributed by atoms with E-state index in [-0.39, 0.29) is 29.6 Å². The standard InChI is InChI=1S/C17H35N3O2.HI/c1-6-22-15(14-9-7-8-10-14)11-12-19-16(18-4)20-13-17(2,3)21-5;/h14-15H,6-13H2,1-5H3,(H2,18,19,20);1H. The first-order valence-corrected chi connectivity index (χ1v) is 8.63. The third-order valence-corrected chi connectivity index (χ3v) is 4.49. The largest absolute Gasteiger partial charge is 0.378 e. The molecule has 138 valence electrons. The van der Waals surface area contributed by atoms with Crippen LogP contribution in [0.5, 0.6) is 0 Å². The zero-order chi connectivity index (χ0) is 16.4. The molecule has 1 saturated carbocycles. The van der Waals surface area contributed by atoms with E-state index in [1.807, 2.05) is 0 Å². The van der Waals surface area contributed by atoms with Crippen LogP contribution < -0.4 is 10.6 Å². The van der Waals surface area contributed by atoms with E-state index in [1.165, 1.54) is 25.7 Å². The number of ether oxygens (including phenoxy) is 2. The van der Waals surface area contributed by atoms with Crippen LogP contribution in [-0.2, 0) is 9.47 Å². The van der Waals surface area contributed by atoms with Crippen molar-refractivity contribution in [3.8, 4) is 0 Å². The highest BCUT2D eigenvalue weighted by Gasteiger charge is 2.25. The zero-order valence-electron chi connectivity index (χ0n) is 15.5. The van der Waals surface area contributed by atoms with Crippen LogP contribution in [0.1, 0.15) is 52.9 Å². The summed E-state index contributed by atoms with van der Waals surface area (Å²) in [5.74, 6) is 1.57. The van der Waals surface area contributed by atoms with E-state index in [1.54, 1.807) is 14.2 Å². The highest BCUT2D eigenvalue weighted by Crippen LogP contribution is 2.30. The van der Waals surface area contributed by atoms with Crippen LogP contribution in [0.4, 0.5) is 0 Å². The lowest BCUT2D eigenvalue weighted by atomic mass is 9.98. The zero-order valence-corrected chi connectivity index (χ0v) is 17.8. The summed E-state index contributed by atoms with van der Waals surface area (Å²) in [6.07, 6.45) is 6.77. The van der Waals surface area contributed by atoms with Crippen molar-refractivity contribution in [1.29, 1.82) is 0 Å². The maximum atomic E-state index is 5.95. The third-order valence-electron chi connectivity index (χ3n) is 4.49. The van der Waals surface area contributed by atoms with E-state index < -0.39 is 0 Å². The Kier molecular flexibility index (Phi) is 12.3. The van der Waals surface area contributed by atoms with Crippen molar-refractivity contribution in [2.45, 2.75) is 64.6 Å². The minimum absolute atomic E-state index is 0. The van der Waals surface area contributed by atoms with Crippen LogP contribution in [0.2, 0.25) is 0 Å². The summed E-state index contributed by atoms with van der Waals surface area (Å²) >= 11 is 0. The molecule has 0 aromatic carbocycles. The van der Waals surface area contributed by atoms with E-state index in [0.29, 0.717) is 6.10 Å². The quantitative estimate of drug-likeness (QED) is 0.328. The molecule has 0 spiro atoms. The molecule has 0 radical (unpaired) electrons. The van der Waals surface area contributed by atoms with Crippen molar-refractivity contribution in [2.75, 3.05) is 33.9 Å². The Morgan fingerprint density at radius 3 is 2.43 bits per heavy atom. The van der Waals surface area contributed by atoms with E-state index in [2.05, 4.69) is 36.4 Å². The Morgan fingerprint density at radius 1 is 1.26 bits per heavy atom. The van der Waals surface area contributed by atoms with Crippen LogP contribution in [-0.4, -0.2) is 51.5 Å². The first kappa shape index (κ1) is 22.9. The molecule has 2 N–H and O–H groups in total. The van der Waals surface area contributed by atoms with E-state index >= 15 is 0 Å². The predicted octanol–water partition coefficient (Wildman–Crippen LogP) is 3.18. The average Bonchev–Trinajstić information content (AvgIpc) is 3.03. The van der Waals surface area contributed by atoms with Crippen molar-refractivity contribution < 1.29 is 9.47 Å². The summed E-state index contributed by atoms with van der Waals surface area (Å²) in [5, 5.41) is 6.69. The smallest absolute Gasteiger partial charge is 0.191 e. The Hall–Kier alpha value is -0.0800. The molecule has 23 heavy (non-hydrogen) atoms. The van der Waals surface area contributed by atoms with Gasteiger partial charge in [0, 0.05) is 33.9 Å². The lowest BCUT2D eigenvalue weighted by Gasteiger charge is -2.26. The fourth-order valence-electron chi connectivity index (χ4n) is 2.92. The molecule has 5 nitrogen and oxygen atoms in total. The minimum atomic E-state index is -0.199. The fraction of sp³-hybridized carbons (Fsp3) is 0.941. The van der Waals surface area contributed by atoms with Gasteiger partial charge < -0.3 is 20.1 Å². The average molecular weight is 441 g/mol. The maximum absolute atomic E-state index is 5.95. The summed E-state index contributed by atoms with van der Waals surface area (Å²) in [7, 11) is 3.53. The molecule has 1 rings (SSSR count).